The minimum Gasteiger partial charge on any atom is -0.381 e. The summed E-state index contributed by atoms with van der Waals surface area (Å²) in [6.07, 6.45) is 5.47. The van der Waals surface area contributed by atoms with Crippen LogP contribution in [0, 0.1) is 5.92 Å². The first-order valence-corrected chi connectivity index (χ1v) is 6.55. The number of rotatable bonds is 3. The van der Waals surface area contributed by atoms with Crippen LogP contribution in [0.2, 0.25) is 0 Å². The number of nitrogens with one attached hydrogen (secondary N) is 1. The predicted octanol–water partition coefficient (Wildman–Crippen LogP) is 1.46. The molecule has 0 saturated carbocycles. The highest BCUT2D eigenvalue weighted by Crippen LogP contribution is 2.23. The molecule has 3 rings (SSSR count). The Kier molecular flexibility index (Phi) is 3.38. The zero-order chi connectivity index (χ0) is 11.5. The summed E-state index contributed by atoms with van der Waals surface area (Å²) in [7, 11) is 0. The maximum Gasteiger partial charge on any atom is 0.243 e. The van der Waals surface area contributed by atoms with Gasteiger partial charge in [-0.2, -0.15) is 4.98 Å². The highest BCUT2D eigenvalue weighted by atomic mass is 16.5. The van der Waals surface area contributed by atoms with Crippen molar-refractivity contribution in [2.24, 2.45) is 5.92 Å². The summed E-state index contributed by atoms with van der Waals surface area (Å²) >= 11 is 0. The maximum absolute atomic E-state index is 5.35. The monoisotopic (exact) mass is 237 g/mol. The molecule has 1 aromatic rings. The normalized spacial score (nSPS) is 26.5. The minimum atomic E-state index is 0.283. The summed E-state index contributed by atoms with van der Waals surface area (Å²) in [6.45, 7) is 2.81. The molecule has 0 radical (unpaired) electrons. The summed E-state index contributed by atoms with van der Waals surface area (Å²) < 4.78 is 10.7. The van der Waals surface area contributed by atoms with Crippen LogP contribution in [0.15, 0.2) is 4.52 Å². The van der Waals surface area contributed by atoms with Crippen LogP contribution < -0.4 is 5.32 Å². The zero-order valence-electron chi connectivity index (χ0n) is 10.0. The molecule has 0 spiro atoms. The van der Waals surface area contributed by atoms with E-state index in [-0.39, 0.29) is 6.04 Å². The van der Waals surface area contributed by atoms with E-state index in [2.05, 4.69) is 15.5 Å². The lowest BCUT2D eigenvalue weighted by Crippen LogP contribution is -2.18. The van der Waals surface area contributed by atoms with Gasteiger partial charge >= 0.3 is 0 Å². The second-order valence-electron chi connectivity index (χ2n) is 4.96. The van der Waals surface area contributed by atoms with Gasteiger partial charge < -0.3 is 14.6 Å². The Hall–Kier alpha value is -0.940. The lowest BCUT2D eigenvalue weighted by molar-refractivity contribution is 0.0658. The second kappa shape index (κ2) is 5.14. The van der Waals surface area contributed by atoms with Crippen LogP contribution in [0.5, 0.6) is 0 Å². The molecule has 5 nitrogen and oxygen atoms in total. The van der Waals surface area contributed by atoms with Gasteiger partial charge in [0.25, 0.3) is 0 Å². The average molecular weight is 237 g/mol. The molecule has 0 aromatic carbocycles. The van der Waals surface area contributed by atoms with Crippen LogP contribution in [-0.2, 0) is 11.2 Å². The van der Waals surface area contributed by atoms with E-state index in [1.807, 2.05) is 0 Å². The van der Waals surface area contributed by atoms with Gasteiger partial charge in [0, 0.05) is 19.6 Å². The van der Waals surface area contributed by atoms with Crippen molar-refractivity contribution in [3.8, 4) is 0 Å². The minimum absolute atomic E-state index is 0.283. The van der Waals surface area contributed by atoms with Crippen molar-refractivity contribution in [3.63, 3.8) is 0 Å². The molecule has 5 heteroatoms. The van der Waals surface area contributed by atoms with Crippen molar-refractivity contribution in [2.75, 3.05) is 19.8 Å². The molecular weight excluding hydrogens is 218 g/mol. The first-order valence-electron chi connectivity index (χ1n) is 6.55. The highest BCUT2D eigenvalue weighted by Gasteiger charge is 2.23. The molecule has 1 aromatic heterocycles. The Morgan fingerprint density at radius 2 is 2.12 bits per heavy atom. The van der Waals surface area contributed by atoms with Gasteiger partial charge in [0.2, 0.25) is 5.89 Å². The van der Waals surface area contributed by atoms with Crippen molar-refractivity contribution < 1.29 is 9.26 Å². The van der Waals surface area contributed by atoms with E-state index in [9.17, 15) is 0 Å². The second-order valence-corrected chi connectivity index (χ2v) is 4.96. The Morgan fingerprint density at radius 3 is 2.88 bits per heavy atom. The SMILES string of the molecule is C1CNC(c2nc(CC3CCOCC3)no2)C1. The van der Waals surface area contributed by atoms with E-state index in [0.29, 0.717) is 5.92 Å². The standard InChI is InChI=1S/C12H19N3O2/c1-2-10(13-5-1)12-14-11(15-17-12)8-9-3-6-16-7-4-9/h9-10,13H,1-8H2. The van der Waals surface area contributed by atoms with Gasteiger partial charge in [0.1, 0.15) is 0 Å². The summed E-state index contributed by atoms with van der Waals surface area (Å²) in [5, 5.41) is 7.46. The molecule has 3 heterocycles. The molecule has 2 aliphatic heterocycles. The Balaban J connectivity index is 1.59. The zero-order valence-corrected chi connectivity index (χ0v) is 10.0. The largest absolute Gasteiger partial charge is 0.381 e. The maximum atomic E-state index is 5.35. The van der Waals surface area contributed by atoms with Gasteiger partial charge in [-0.05, 0) is 38.1 Å². The number of aromatic nitrogens is 2. The molecule has 2 fully saturated rings. The highest BCUT2D eigenvalue weighted by molar-refractivity contribution is 4.96. The number of hydrogen-bond acceptors (Lipinski definition) is 5. The predicted molar refractivity (Wildman–Crippen MR) is 61.5 cm³/mol. The molecule has 1 unspecified atom stereocenters. The van der Waals surface area contributed by atoms with Crippen molar-refractivity contribution >= 4 is 0 Å². The lowest BCUT2D eigenvalue weighted by Gasteiger charge is -2.20. The number of hydrogen-bond donors (Lipinski definition) is 1. The van der Waals surface area contributed by atoms with E-state index in [4.69, 9.17) is 9.26 Å². The molecular formula is C12H19N3O2. The van der Waals surface area contributed by atoms with Crippen molar-refractivity contribution in [3.05, 3.63) is 11.7 Å². The van der Waals surface area contributed by atoms with E-state index < -0.39 is 0 Å². The summed E-state index contributed by atoms with van der Waals surface area (Å²) in [6, 6.07) is 0.283. The fraction of sp³-hybridized carbons (Fsp3) is 0.833. The summed E-state index contributed by atoms with van der Waals surface area (Å²) in [5.41, 5.74) is 0. The van der Waals surface area contributed by atoms with E-state index in [1.54, 1.807) is 0 Å². The van der Waals surface area contributed by atoms with Gasteiger partial charge in [0.05, 0.1) is 6.04 Å². The smallest absolute Gasteiger partial charge is 0.243 e. The summed E-state index contributed by atoms with van der Waals surface area (Å²) in [5.74, 6) is 2.29. The molecule has 0 aliphatic carbocycles. The van der Waals surface area contributed by atoms with Crippen LogP contribution in [0.3, 0.4) is 0 Å². The van der Waals surface area contributed by atoms with Gasteiger partial charge in [-0.3, -0.25) is 0 Å². The molecule has 0 bridgehead atoms. The third kappa shape index (κ3) is 2.66. The van der Waals surface area contributed by atoms with E-state index in [1.165, 1.54) is 6.42 Å². The summed E-state index contributed by atoms with van der Waals surface area (Å²) in [4.78, 5) is 4.51. The third-order valence-electron chi connectivity index (χ3n) is 3.65. The van der Waals surface area contributed by atoms with Crippen molar-refractivity contribution in [1.82, 2.24) is 15.5 Å². The van der Waals surface area contributed by atoms with Crippen LogP contribution in [0.4, 0.5) is 0 Å². The Bertz CT molecular complexity index is 354. The van der Waals surface area contributed by atoms with Gasteiger partial charge in [0.15, 0.2) is 5.82 Å². The van der Waals surface area contributed by atoms with Crippen LogP contribution in [-0.4, -0.2) is 29.9 Å². The first kappa shape index (κ1) is 11.2. The third-order valence-corrected chi connectivity index (χ3v) is 3.65. The van der Waals surface area contributed by atoms with Crippen molar-refractivity contribution in [2.45, 2.75) is 38.1 Å². The topological polar surface area (TPSA) is 60.2 Å². The van der Waals surface area contributed by atoms with Gasteiger partial charge in [-0.25, -0.2) is 0 Å². The molecule has 0 amide bonds. The molecule has 2 aliphatic rings. The van der Waals surface area contributed by atoms with E-state index >= 15 is 0 Å². The fourth-order valence-corrected chi connectivity index (χ4v) is 2.60. The van der Waals surface area contributed by atoms with Crippen LogP contribution in [0.25, 0.3) is 0 Å². The van der Waals surface area contributed by atoms with Gasteiger partial charge in [-0.15, -0.1) is 0 Å². The van der Waals surface area contributed by atoms with E-state index in [0.717, 1.165) is 57.2 Å². The molecule has 1 N–H and O–H groups in total. The fourth-order valence-electron chi connectivity index (χ4n) is 2.60. The quantitative estimate of drug-likeness (QED) is 0.862. The molecule has 17 heavy (non-hydrogen) atoms. The number of nitrogens with zero attached hydrogens (tertiary/aromatic N) is 2. The molecule has 1 atom stereocenters. The lowest BCUT2D eigenvalue weighted by atomic mass is 9.96. The van der Waals surface area contributed by atoms with Crippen LogP contribution >= 0.6 is 0 Å². The van der Waals surface area contributed by atoms with Crippen molar-refractivity contribution in [1.29, 1.82) is 0 Å². The average Bonchev–Trinajstić information content (AvgIpc) is 3.00. The molecule has 2 saturated heterocycles. The number of ether oxygens (including phenoxy) is 1. The molecule has 94 valence electrons. The van der Waals surface area contributed by atoms with Crippen LogP contribution in [0.1, 0.15) is 43.4 Å². The Morgan fingerprint density at radius 1 is 1.24 bits per heavy atom. The van der Waals surface area contributed by atoms with Gasteiger partial charge in [-0.1, -0.05) is 5.16 Å². The Labute approximate surface area is 101 Å². The first-order chi connectivity index (χ1) is 8.42.